The molecule has 0 saturated carbocycles. The summed E-state index contributed by atoms with van der Waals surface area (Å²) in [6.07, 6.45) is 3.43. The van der Waals surface area contributed by atoms with Gasteiger partial charge in [-0.1, -0.05) is 5.16 Å². The van der Waals surface area contributed by atoms with Crippen molar-refractivity contribution in [2.24, 2.45) is 11.6 Å². The second kappa shape index (κ2) is 8.20. The first kappa shape index (κ1) is 21.4. The molecule has 1 unspecified atom stereocenters. The van der Waals surface area contributed by atoms with Crippen LogP contribution < -0.4 is 11.6 Å². The summed E-state index contributed by atoms with van der Waals surface area (Å²) in [6, 6.07) is 1.78. The zero-order chi connectivity index (χ0) is 22.1. The van der Waals surface area contributed by atoms with Crippen LogP contribution in [-0.4, -0.2) is 48.3 Å². The maximum absolute atomic E-state index is 13.0. The van der Waals surface area contributed by atoms with E-state index in [1.54, 1.807) is 13.8 Å². The van der Waals surface area contributed by atoms with Crippen LogP contribution in [0.1, 0.15) is 45.4 Å². The quantitative estimate of drug-likeness (QED) is 0.302. The van der Waals surface area contributed by atoms with Crippen molar-refractivity contribution in [3.63, 3.8) is 0 Å². The molecular weight excluding hydrogens is 392 g/mol. The number of carboxylic acids is 1. The van der Waals surface area contributed by atoms with Crippen LogP contribution in [0.3, 0.4) is 0 Å². The molecule has 1 aliphatic rings. The Morgan fingerprint density at radius 2 is 1.97 bits per heavy atom. The minimum atomic E-state index is -1.17. The minimum Gasteiger partial charge on any atom is -0.506 e. The number of rotatable bonds is 6. The van der Waals surface area contributed by atoms with Crippen molar-refractivity contribution in [3.8, 4) is 17.3 Å². The molecule has 1 amide bonds. The summed E-state index contributed by atoms with van der Waals surface area (Å²) in [5.74, 6) is 4.50. The lowest BCUT2D eigenvalue weighted by Crippen LogP contribution is -2.55. The molecule has 2 aromatic rings. The Kier molecular flexibility index (Phi) is 5.85. The molecule has 0 fully saturated rings. The number of carbonyl (C=O) groups excluding carboxylic acids is 1. The Hall–Kier alpha value is -3.31. The highest BCUT2D eigenvalue weighted by atomic mass is 16.5. The number of allylic oxidation sites excluding steroid dienone is 1. The van der Waals surface area contributed by atoms with Crippen LogP contribution in [-0.2, 0) is 15.0 Å². The first-order valence-electron chi connectivity index (χ1n) is 9.42. The van der Waals surface area contributed by atoms with Gasteiger partial charge in [-0.15, -0.1) is 0 Å². The van der Waals surface area contributed by atoms with Gasteiger partial charge >= 0.3 is 5.97 Å². The fourth-order valence-electron chi connectivity index (χ4n) is 3.22. The molecule has 0 aromatic carbocycles. The van der Waals surface area contributed by atoms with Crippen LogP contribution in [0.15, 0.2) is 34.1 Å². The lowest BCUT2D eigenvalue weighted by atomic mass is 9.83. The van der Waals surface area contributed by atoms with Crippen molar-refractivity contribution < 1.29 is 24.3 Å². The van der Waals surface area contributed by atoms with E-state index in [4.69, 9.17) is 16.1 Å². The highest BCUT2D eigenvalue weighted by Gasteiger charge is 2.41. The third kappa shape index (κ3) is 4.02. The van der Waals surface area contributed by atoms with Crippen molar-refractivity contribution in [2.45, 2.75) is 51.0 Å². The second-order valence-corrected chi connectivity index (χ2v) is 7.67. The number of aliphatic carboxylic acids is 1. The Morgan fingerprint density at radius 3 is 2.60 bits per heavy atom. The first-order valence-corrected chi connectivity index (χ1v) is 9.42. The molecule has 2 aromatic heterocycles. The zero-order valence-corrected chi connectivity index (χ0v) is 16.7. The highest BCUT2D eigenvalue weighted by Crippen LogP contribution is 2.30. The minimum absolute atomic E-state index is 0.00352. The van der Waals surface area contributed by atoms with Crippen molar-refractivity contribution in [1.82, 2.24) is 20.1 Å². The monoisotopic (exact) mass is 416 g/mol. The van der Waals surface area contributed by atoms with E-state index in [1.807, 2.05) is 0 Å². The van der Waals surface area contributed by atoms with Crippen molar-refractivity contribution in [1.29, 1.82) is 0 Å². The first-order chi connectivity index (χ1) is 14.1. The Bertz CT molecular complexity index is 982. The summed E-state index contributed by atoms with van der Waals surface area (Å²) < 4.78 is 5.31. The number of amides is 1. The Morgan fingerprint density at radius 1 is 1.27 bits per heavy atom. The third-order valence-electron chi connectivity index (χ3n) is 5.22. The topological polar surface area (TPSA) is 182 Å². The Balaban J connectivity index is 1.84. The molecule has 0 radical (unpaired) electrons. The average Bonchev–Trinajstić information content (AvgIpc) is 3.23. The standard InChI is InChI=1S/C19H24N6O5/c1-19(2,18-23-15(24-30-18)12-8-7-10(26)9-22-12)14(20)16(27)25(21)13-6-4-3-5-11(13)17(28)29/h7-9,14,26H,3-6,20-21H2,1-2H3,(H,28,29). The smallest absolute Gasteiger partial charge is 0.333 e. The molecule has 1 aliphatic carbocycles. The van der Waals surface area contributed by atoms with Gasteiger partial charge in [-0.25, -0.2) is 15.6 Å². The summed E-state index contributed by atoms with van der Waals surface area (Å²) >= 11 is 0. The van der Waals surface area contributed by atoms with Crippen LogP contribution in [0.5, 0.6) is 5.75 Å². The van der Waals surface area contributed by atoms with Gasteiger partial charge in [-0.2, -0.15) is 4.98 Å². The molecule has 3 rings (SSSR count). The number of hydrogen-bond donors (Lipinski definition) is 4. The molecule has 30 heavy (non-hydrogen) atoms. The molecule has 1 atom stereocenters. The van der Waals surface area contributed by atoms with E-state index in [9.17, 15) is 19.8 Å². The highest BCUT2D eigenvalue weighted by molar-refractivity contribution is 5.90. The predicted molar refractivity (Wildman–Crippen MR) is 104 cm³/mol. The fourth-order valence-corrected chi connectivity index (χ4v) is 3.22. The number of nitrogens with two attached hydrogens (primary N) is 2. The maximum atomic E-state index is 13.0. The molecule has 0 aliphatic heterocycles. The van der Waals surface area contributed by atoms with Gasteiger partial charge in [0.1, 0.15) is 17.5 Å². The number of pyridine rings is 1. The van der Waals surface area contributed by atoms with E-state index in [2.05, 4.69) is 15.1 Å². The predicted octanol–water partition coefficient (Wildman–Crippen LogP) is 1.06. The van der Waals surface area contributed by atoms with E-state index < -0.39 is 23.3 Å². The maximum Gasteiger partial charge on any atom is 0.333 e. The van der Waals surface area contributed by atoms with Gasteiger partial charge in [0, 0.05) is 5.70 Å². The number of carbonyl (C=O) groups is 2. The largest absolute Gasteiger partial charge is 0.506 e. The molecule has 0 bridgehead atoms. The third-order valence-corrected chi connectivity index (χ3v) is 5.22. The molecule has 6 N–H and O–H groups in total. The lowest BCUT2D eigenvalue weighted by molar-refractivity contribution is -0.134. The van der Waals surface area contributed by atoms with Gasteiger partial charge in [-0.3, -0.25) is 9.80 Å². The lowest BCUT2D eigenvalue weighted by Gasteiger charge is -2.32. The van der Waals surface area contributed by atoms with E-state index in [1.165, 1.54) is 18.3 Å². The van der Waals surface area contributed by atoms with Crippen LogP contribution in [0.25, 0.3) is 11.5 Å². The van der Waals surface area contributed by atoms with Gasteiger partial charge in [0.2, 0.25) is 11.7 Å². The molecule has 160 valence electrons. The van der Waals surface area contributed by atoms with Crippen LogP contribution in [0, 0.1) is 0 Å². The zero-order valence-electron chi connectivity index (χ0n) is 16.7. The summed E-state index contributed by atoms with van der Waals surface area (Å²) in [5.41, 5.74) is 5.87. The Labute approximate surface area is 172 Å². The number of nitrogens with zero attached hydrogens (tertiary/aromatic N) is 4. The van der Waals surface area contributed by atoms with Gasteiger partial charge in [-0.05, 0) is 51.7 Å². The molecule has 11 heteroatoms. The summed E-state index contributed by atoms with van der Waals surface area (Å²) in [4.78, 5) is 32.8. The number of aromatic nitrogens is 3. The summed E-state index contributed by atoms with van der Waals surface area (Å²) in [5, 5.41) is 23.5. The summed E-state index contributed by atoms with van der Waals surface area (Å²) in [7, 11) is 0. The van der Waals surface area contributed by atoms with Gasteiger partial charge in [0.25, 0.3) is 5.91 Å². The van der Waals surface area contributed by atoms with Crippen LogP contribution in [0.2, 0.25) is 0 Å². The van der Waals surface area contributed by atoms with E-state index in [-0.39, 0.29) is 28.7 Å². The van der Waals surface area contributed by atoms with Crippen molar-refractivity contribution in [2.75, 3.05) is 0 Å². The van der Waals surface area contributed by atoms with Crippen molar-refractivity contribution in [3.05, 3.63) is 35.5 Å². The van der Waals surface area contributed by atoms with Crippen molar-refractivity contribution >= 4 is 11.9 Å². The van der Waals surface area contributed by atoms with Gasteiger partial charge in [0.05, 0.1) is 17.2 Å². The number of aromatic hydroxyl groups is 1. The van der Waals surface area contributed by atoms with Crippen LogP contribution in [0.4, 0.5) is 0 Å². The normalized spacial score (nSPS) is 15.7. The number of hydrogen-bond acceptors (Lipinski definition) is 9. The molecule has 11 nitrogen and oxygen atoms in total. The molecule has 0 spiro atoms. The second-order valence-electron chi connectivity index (χ2n) is 7.67. The average molecular weight is 416 g/mol. The van der Waals surface area contributed by atoms with Crippen LogP contribution >= 0.6 is 0 Å². The fraction of sp³-hybridized carbons (Fsp3) is 0.421. The van der Waals surface area contributed by atoms with E-state index >= 15 is 0 Å². The molecular formula is C19H24N6O5. The van der Waals surface area contributed by atoms with Gasteiger partial charge < -0.3 is 20.5 Å². The SMILES string of the molecule is CC(C)(c1nc(-c2ccc(O)cn2)no1)C(N)C(=O)N(N)C1=C(C(=O)O)CCCC1. The van der Waals surface area contributed by atoms with E-state index in [0.29, 0.717) is 18.5 Å². The number of carboxylic acid groups (broad SMARTS) is 1. The number of hydrazine groups is 1. The summed E-state index contributed by atoms with van der Waals surface area (Å²) in [6.45, 7) is 3.30. The van der Waals surface area contributed by atoms with E-state index in [0.717, 1.165) is 17.9 Å². The van der Waals surface area contributed by atoms with Gasteiger partial charge in [0.15, 0.2) is 0 Å². The molecule has 0 saturated heterocycles. The molecule has 2 heterocycles.